The molecule has 5 heteroatoms. The minimum absolute atomic E-state index is 0.215. The molecule has 0 radical (unpaired) electrons. The van der Waals surface area contributed by atoms with Crippen LogP contribution in [-0.2, 0) is 4.79 Å². The van der Waals surface area contributed by atoms with Crippen LogP contribution >= 0.6 is 0 Å². The number of anilines is 2. The summed E-state index contributed by atoms with van der Waals surface area (Å²) in [6.07, 6.45) is 11.6. The van der Waals surface area contributed by atoms with Gasteiger partial charge in [-0.25, -0.2) is 9.97 Å². The van der Waals surface area contributed by atoms with Gasteiger partial charge in [0.25, 0.3) is 5.91 Å². The van der Waals surface area contributed by atoms with E-state index in [9.17, 15) is 4.79 Å². The van der Waals surface area contributed by atoms with Crippen molar-refractivity contribution >= 4 is 17.5 Å². The molecule has 22 heavy (non-hydrogen) atoms. The topological polar surface area (TPSA) is 58.1 Å². The zero-order chi connectivity index (χ0) is 16.7. The number of aromatic nitrogens is 2. The second kappa shape index (κ2) is 7.99. The summed E-state index contributed by atoms with van der Waals surface area (Å²) in [7, 11) is 3.71. The maximum Gasteiger partial charge on any atom is 0.257 e. The Morgan fingerprint density at radius 1 is 1.41 bits per heavy atom. The number of terminal acetylenes is 1. The number of carbonyl (C=O) groups is 1. The number of hydrogen-bond acceptors (Lipinski definition) is 4. The molecule has 0 atom stereocenters. The summed E-state index contributed by atoms with van der Waals surface area (Å²) in [5.41, 5.74) is 2.97. The highest BCUT2D eigenvalue weighted by Gasteiger charge is 2.14. The predicted octanol–water partition coefficient (Wildman–Crippen LogP) is 2.77. The first kappa shape index (κ1) is 17.4. The summed E-state index contributed by atoms with van der Waals surface area (Å²) in [5.74, 6) is 2.49. The molecule has 0 bridgehead atoms. The third-order valence-corrected chi connectivity index (χ3v) is 2.92. The van der Waals surface area contributed by atoms with E-state index >= 15 is 0 Å². The van der Waals surface area contributed by atoms with Crippen LogP contribution in [0.1, 0.15) is 32.9 Å². The van der Waals surface area contributed by atoms with E-state index in [1.807, 2.05) is 51.9 Å². The molecule has 0 fully saturated rings. The highest BCUT2D eigenvalue weighted by molar-refractivity contribution is 6.05. The maximum atomic E-state index is 12.0. The van der Waals surface area contributed by atoms with Crippen molar-refractivity contribution in [3.05, 3.63) is 35.2 Å². The van der Waals surface area contributed by atoms with Crippen molar-refractivity contribution in [1.29, 1.82) is 0 Å². The number of carbonyl (C=O) groups excluding carboxylic acids is 1. The average Bonchev–Trinajstić information content (AvgIpc) is 2.95. The molecule has 1 heterocycles. The van der Waals surface area contributed by atoms with E-state index in [-0.39, 0.29) is 11.9 Å². The normalized spacial score (nSPS) is 12.4. The average molecular weight is 298 g/mol. The smallest absolute Gasteiger partial charge is 0.257 e. The van der Waals surface area contributed by atoms with Gasteiger partial charge < -0.3 is 4.90 Å². The van der Waals surface area contributed by atoms with Gasteiger partial charge in [0.15, 0.2) is 0 Å². The van der Waals surface area contributed by atoms with Crippen molar-refractivity contribution < 1.29 is 4.79 Å². The first-order valence-corrected chi connectivity index (χ1v) is 7.21. The van der Waals surface area contributed by atoms with Crippen molar-refractivity contribution in [3.63, 3.8) is 0 Å². The Balaban J connectivity index is 0.00000116. The van der Waals surface area contributed by atoms with Crippen LogP contribution in [0.3, 0.4) is 0 Å². The van der Waals surface area contributed by atoms with Gasteiger partial charge in [0.05, 0.1) is 11.9 Å². The van der Waals surface area contributed by atoms with Crippen LogP contribution < -0.4 is 10.2 Å². The van der Waals surface area contributed by atoms with E-state index in [2.05, 4.69) is 21.2 Å². The highest BCUT2D eigenvalue weighted by Crippen LogP contribution is 2.19. The number of allylic oxidation sites excluding steroid dienone is 2. The van der Waals surface area contributed by atoms with Crippen molar-refractivity contribution in [2.24, 2.45) is 0 Å². The van der Waals surface area contributed by atoms with Gasteiger partial charge >= 0.3 is 0 Å². The predicted molar refractivity (Wildman–Crippen MR) is 90.7 cm³/mol. The van der Waals surface area contributed by atoms with Crippen LogP contribution in [0.5, 0.6) is 0 Å². The lowest BCUT2D eigenvalue weighted by molar-refractivity contribution is -0.112. The molecule has 0 saturated heterocycles. The summed E-state index contributed by atoms with van der Waals surface area (Å²) in [4.78, 5) is 22.1. The minimum atomic E-state index is -0.220. The van der Waals surface area contributed by atoms with E-state index in [4.69, 9.17) is 6.42 Å². The SMILES string of the molecule is C#Cc1nc(NC(=O)C2=CCC(C)=C2)ncc1N(C)C.CC. The molecular weight excluding hydrogens is 276 g/mol. The van der Waals surface area contributed by atoms with E-state index in [0.717, 1.165) is 17.7 Å². The third kappa shape index (κ3) is 4.19. The molecule has 1 N–H and O–H groups in total. The fourth-order valence-electron chi connectivity index (χ4n) is 1.86. The summed E-state index contributed by atoms with van der Waals surface area (Å²) in [6.45, 7) is 5.98. The number of nitrogens with one attached hydrogen (secondary N) is 1. The molecule has 0 spiro atoms. The molecule has 1 aliphatic carbocycles. The molecule has 0 saturated carbocycles. The molecule has 1 aromatic heterocycles. The number of nitrogens with zero attached hydrogens (tertiary/aromatic N) is 3. The van der Waals surface area contributed by atoms with Crippen LogP contribution in [-0.4, -0.2) is 30.0 Å². The molecule has 0 unspecified atom stereocenters. The molecule has 1 amide bonds. The standard InChI is InChI=1S/C15H16N4O.C2H6/c1-5-12-13(19(3)4)9-16-15(17-12)18-14(20)11-7-6-10(2)8-11;1-2/h1,7-9H,6H2,2-4H3,(H,16,17,18,20);1-2H3. The van der Waals surface area contributed by atoms with Crippen LogP contribution in [0.4, 0.5) is 11.6 Å². The zero-order valence-corrected chi connectivity index (χ0v) is 13.8. The number of amides is 1. The molecule has 1 aromatic rings. The summed E-state index contributed by atoms with van der Waals surface area (Å²) < 4.78 is 0. The summed E-state index contributed by atoms with van der Waals surface area (Å²) >= 11 is 0. The first-order valence-electron chi connectivity index (χ1n) is 7.21. The quantitative estimate of drug-likeness (QED) is 0.872. The lowest BCUT2D eigenvalue weighted by atomic mass is 10.2. The molecule has 5 nitrogen and oxygen atoms in total. The summed E-state index contributed by atoms with van der Waals surface area (Å²) in [5, 5.41) is 2.66. The van der Waals surface area contributed by atoms with Crippen molar-refractivity contribution in [1.82, 2.24) is 9.97 Å². The maximum absolute atomic E-state index is 12.0. The molecule has 0 aliphatic heterocycles. The van der Waals surface area contributed by atoms with Gasteiger partial charge in [0, 0.05) is 19.7 Å². The Morgan fingerprint density at radius 3 is 2.59 bits per heavy atom. The van der Waals surface area contributed by atoms with Gasteiger partial charge in [0.2, 0.25) is 5.95 Å². The second-order valence-electron chi connectivity index (χ2n) is 4.77. The van der Waals surface area contributed by atoms with Crippen LogP contribution in [0.2, 0.25) is 0 Å². The van der Waals surface area contributed by atoms with Crippen molar-refractivity contribution in [2.75, 3.05) is 24.3 Å². The Hall–Kier alpha value is -2.61. The van der Waals surface area contributed by atoms with Gasteiger partial charge in [-0.3, -0.25) is 10.1 Å². The third-order valence-electron chi connectivity index (χ3n) is 2.92. The highest BCUT2D eigenvalue weighted by atomic mass is 16.1. The van der Waals surface area contributed by atoms with Crippen LogP contribution in [0.15, 0.2) is 29.5 Å². The van der Waals surface area contributed by atoms with E-state index < -0.39 is 0 Å². The fraction of sp³-hybridized carbons (Fsp3) is 0.353. The largest absolute Gasteiger partial charge is 0.374 e. The molecule has 116 valence electrons. The molecule has 0 aromatic carbocycles. The fourth-order valence-corrected chi connectivity index (χ4v) is 1.86. The van der Waals surface area contributed by atoms with E-state index in [1.165, 1.54) is 0 Å². The van der Waals surface area contributed by atoms with Crippen molar-refractivity contribution in [2.45, 2.75) is 27.2 Å². The molecular formula is C17H22N4O. The number of rotatable bonds is 3. The Morgan fingerprint density at radius 2 is 2.09 bits per heavy atom. The monoisotopic (exact) mass is 298 g/mol. The first-order chi connectivity index (χ1) is 10.5. The lowest BCUT2D eigenvalue weighted by Crippen LogP contribution is -2.17. The van der Waals surface area contributed by atoms with Gasteiger partial charge in [-0.15, -0.1) is 6.42 Å². The Labute approximate surface area is 132 Å². The Kier molecular flexibility index (Phi) is 6.33. The Bertz CT molecular complexity index is 651. The van der Waals surface area contributed by atoms with Crippen LogP contribution in [0, 0.1) is 12.3 Å². The van der Waals surface area contributed by atoms with E-state index in [1.54, 1.807) is 6.20 Å². The second-order valence-corrected chi connectivity index (χ2v) is 4.77. The van der Waals surface area contributed by atoms with Gasteiger partial charge in [-0.05, 0) is 19.3 Å². The van der Waals surface area contributed by atoms with Crippen molar-refractivity contribution in [3.8, 4) is 12.3 Å². The summed E-state index contributed by atoms with van der Waals surface area (Å²) in [6, 6.07) is 0. The van der Waals surface area contributed by atoms with Gasteiger partial charge in [0.1, 0.15) is 5.69 Å². The van der Waals surface area contributed by atoms with Gasteiger partial charge in [-0.2, -0.15) is 0 Å². The van der Waals surface area contributed by atoms with E-state index in [0.29, 0.717) is 11.3 Å². The molecule has 2 rings (SSSR count). The van der Waals surface area contributed by atoms with Gasteiger partial charge in [-0.1, -0.05) is 31.6 Å². The minimum Gasteiger partial charge on any atom is -0.374 e. The zero-order valence-electron chi connectivity index (χ0n) is 13.8. The lowest BCUT2D eigenvalue weighted by Gasteiger charge is -2.14. The number of hydrogen-bond donors (Lipinski definition) is 1. The molecule has 1 aliphatic rings. The van der Waals surface area contributed by atoms with Crippen LogP contribution in [0.25, 0.3) is 0 Å².